The zero-order valence-electron chi connectivity index (χ0n) is 15.2. The maximum Gasteiger partial charge on any atom is 0.322 e. The molecule has 0 saturated heterocycles. The number of carbonyl (C=O) groups excluding carboxylic acids is 1. The van der Waals surface area contributed by atoms with E-state index in [-0.39, 0.29) is 23.8 Å². The normalized spacial score (nSPS) is 16.4. The Morgan fingerprint density at radius 1 is 1.32 bits per heavy atom. The number of benzene rings is 2. The first kappa shape index (κ1) is 18.4. The minimum absolute atomic E-state index is 0.0445. The summed E-state index contributed by atoms with van der Waals surface area (Å²) in [5.41, 5.74) is 2.42. The van der Waals surface area contributed by atoms with Gasteiger partial charge in [-0.3, -0.25) is 4.79 Å². The van der Waals surface area contributed by atoms with Crippen LogP contribution in [0.1, 0.15) is 30.5 Å². The smallest absolute Gasteiger partial charge is 0.322 e. The van der Waals surface area contributed by atoms with E-state index >= 15 is 0 Å². The molecule has 1 amide bonds. The number of anilines is 1. The number of nitrogens with zero attached hydrogens (tertiary/aromatic N) is 3. The van der Waals surface area contributed by atoms with Gasteiger partial charge < -0.3 is 14.7 Å². The molecule has 1 aliphatic heterocycles. The average molecular weight is 401 g/mol. The van der Waals surface area contributed by atoms with Crippen LogP contribution in [0.25, 0.3) is 11.4 Å². The highest BCUT2D eigenvalue weighted by Gasteiger charge is 2.25. The van der Waals surface area contributed by atoms with E-state index in [2.05, 4.69) is 15.5 Å². The Balaban J connectivity index is 1.60. The van der Waals surface area contributed by atoms with E-state index in [1.807, 2.05) is 12.1 Å². The van der Waals surface area contributed by atoms with Crippen LogP contribution in [0.2, 0.25) is 5.02 Å². The van der Waals surface area contributed by atoms with Gasteiger partial charge in [0.1, 0.15) is 5.82 Å². The van der Waals surface area contributed by atoms with Gasteiger partial charge in [-0.05, 0) is 41.8 Å². The second kappa shape index (κ2) is 7.59. The molecule has 0 spiro atoms. The largest absolute Gasteiger partial charge is 0.339 e. The van der Waals surface area contributed by atoms with E-state index in [1.165, 1.54) is 19.1 Å². The minimum atomic E-state index is -0.330. The van der Waals surface area contributed by atoms with Gasteiger partial charge in [-0.25, -0.2) is 4.39 Å². The lowest BCUT2D eigenvalue weighted by Gasteiger charge is -2.18. The highest BCUT2D eigenvalue weighted by molar-refractivity contribution is 6.30. The number of rotatable bonds is 3. The maximum atomic E-state index is 13.8. The molecule has 28 heavy (non-hydrogen) atoms. The van der Waals surface area contributed by atoms with Gasteiger partial charge in [-0.15, -0.1) is 0 Å². The van der Waals surface area contributed by atoms with Crippen molar-refractivity contribution in [1.29, 1.82) is 0 Å². The van der Waals surface area contributed by atoms with Gasteiger partial charge in [0.25, 0.3) is 0 Å². The highest BCUT2D eigenvalue weighted by atomic mass is 35.5. The molecule has 144 valence electrons. The van der Waals surface area contributed by atoms with Gasteiger partial charge in [0.15, 0.2) is 0 Å². The lowest BCUT2D eigenvalue weighted by atomic mass is 9.99. The molecule has 1 aliphatic rings. The van der Waals surface area contributed by atoms with Crippen molar-refractivity contribution >= 4 is 23.5 Å². The number of halogens is 2. The Kier molecular flexibility index (Phi) is 5.00. The van der Waals surface area contributed by atoms with E-state index in [4.69, 9.17) is 16.1 Å². The standard InChI is InChI=1S/C20H18ClFN4O2/c1-12(27)26-8-7-18(17-6-5-16(22)10-14(17)11-26)23-20-24-19(25-28-20)13-3-2-4-15(21)9-13/h2-6,9-10,18H,7-8,11H2,1H3,(H,23,24,25). The number of amides is 1. The first-order chi connectivity index (χ1) is 13.5. The predicted octanol–water partition coefficient (Wildman–Crippen LogP) is 4.43. The van der Waals surface area contributed by atoms with Gasteiger partial charge in [0.2, 0.25) is 11.7 Å². The second-order valence-corrected chi connectivity index (χ2v) is 7.14. The molecule has 0 saturated carbocycles. The van der Waals surface area contributed by atoms with Crippen molar-refractivity contribution in [3.05, 3.63) is 64.4 Å². The van der Waals surface area contributed by atoms with Crippen LogP contribution in [0.4, 0.5) is 10.4 Å². The Bertz CT molecular complexity index is 1020. The summed E-state index contributed by atoms with van der Waals surface area (Å²) in [7, 11) is 0. The van der Waals surface area contributed by atoms with Crippen LogP contribution in [-0.4, -0.2) is 27.5 Å². The summed E-state index contributed by atoms with van der Waals surface area (Å²) in [5.74, 6) is 0.0455. The van der Waals surface area contributed by atoms with Gasteiger partial charge in [-0.1, -0.05) is 35.0 Å². The van der Waals surface area contributed by atoms with E-state index in [9.17, 15) is 9.18 Å². The van der Waals surface area contributed by atoms with E-state index in [0.717, 1.165) is 16.7 Å². The molecule has 1 atom stereocenters. The molecule has 0 fully saturated rings. The monoisotopic (exact) mass is 400 g/mol. The quantitative estimate of drug-likeness (QED) is 0.704. The van der Waals surface area contributed by atoms with Crippen molar-refractivity contribution in [3.63, 3.8) is 0 Å². The van der Waals surface area contributed by atoms with Crippen LogP contribution in [0.5, 0.6) is 0 Å². The van der Waals surface area contributed by atoms with Gasteiger partial charge >= 0.3 is 6.01 Å². The predicted molar refractivity (Wildman–Crippen MR) is 103 cm³/mol. The third-order valence-corrected chi connectivity index (χ3v) is 5.02. The molecule has 6 nitrogen and oxygen atoms in total. The first-order valence-electron chi connectivity index (χ1n) is 8.89. The van der Waals surface area contributed by atoms with E-state index < -0.39 is 0 Å². The van der Waals surface area contributed by atoms with Crippen LogP contribution in [0, 0.1) is 5.82 Å². The van der Waals surface area contributed by atoms with Gasteiger partial charge in [0, 0.05) is 30.6 Å². The Hall–Kier alpha value is -2.93. The number of fused-ring (bicyclic) bond motifs is 1. The van der Waals surface area contributed by atoms with Crippen LogP contribution in [-0.2, 0) is 11.3 Å². The zero-order chi connectivity index (χ0) is 19.7. The molecule has 2 aromatic carbocycles. The molecule has 1 unspecified atom stereocenters. The molecular formula is C20H18ClFN4O2. The molecule has 2 heterocycles. The van der Waals surface area contributed by atoms with Crippen molar-refractivity contribution in [2.45, 2.75) is 25.9 Å². The van der Waals surface area contributed by atoms with Crippen LogP contribution >= 0.6 is 11.6 Å². The molecule has 3 aromatic rings. The third kappa shape index (κ3) is 3.84. The summed E-state index contributed by atoms with van der Waals surface area (Å²) in [4.78, 5) is 17.9. The molecule has 0 radical (unpaired) electrons. The van der Waals surface area contributed by atoms with Crippen LogP contribution in [0.15, 0.2) is 47.0 Å². The van der Waals surface area contributed by atoms with Gasteiger partial charge in [-0.2, -0.15) is 4.98 Å². The number of aromatic nitrogens is 2. The highest BCUT2D eigenvalue weighted by Crippen LogP contribution is 2.31. The minimum Gasteiger partial charge on any atom is -0.339 e. The van der Waals surface area contributed by atoms with Crippen LogP contribution in [0.3, 0.4) is 0 Å². The molecule has 1 aromatic heterocycles. The summed E-state index contributed by atoms with van der Waals surface area (Å²) in [6, 6.07) is 11.9. The van der Waals surface area contributed by atoms with Crippen molar-refractivity contribution < 1.29 is 13.7 Å². The van der Waals surface area contributed by atoms with Crippen LogP contribution < -0.4 is 5.32 Å². The summed E-state index contributed by atoms with van der Waals surface area (Å²) in [6.07, 6.45) is 0.632. The molecule has 0 bridgehead atoms. The van der Waals surface area contributed by atoms with E-state index in [0.29, 0.717) is 30.4 Å². The zero-order valence-corrected chi connectivity index (χ0v) is 15.9. The van der Waals surface area contributed by atoms with Crippen molar-refractivity contribution in [3.8, 4) is 11.4 Å². The fourth-order valence-electron chi connectivity index (χ4n) is 3.37. The Morgan fingerprint density at radius 2 is 2.18 bits per heavy atom. The summed E-state index contributed by atoms with van der Waals surface area (Å²) < 4.78 is 19.1. The Morgan fingerprint density at radius 3 is 2.96 bits per heavy atom. The fourth-order valence-corrected chi connectivity index (χ4v) is 3.56. The topological polar surface area (TPSA) is 71.3 Å². The molecular weight excluding hydrogens is 383 g/mol. The maximum absolute atomic E-state index is 13.8. The number of hydrogen-bond acceptors (Lipinski definition) is 5. The second-order valence-electron chi connectivity index (χ2n) is 6.70. The number of nitrogens with one attached hydrogen (secondary N) is 1. The SMILES string of the molecule is CC(=O)N1CCC(Nc2nc(-c3cccc(Cl)c3)no2)c2ccc(F)cc2C1. The Labute approximate surface area is 166 Å². The number of carbonyl (C=O) groups is 1. The van der Waals surface area contributed by atoms with Gasteiger partial charge in [0.05, 0.1) is 6.04 Å². The average Bonchev–Trinajstić information content (AvgIpc) is 3.05. The lowest BCUT2D eigenvalue weighted by molar-refractivity contribution is -0.129. The molecule has 8 heteroatoms. The van der Waals surface area contributed by atoms with Crippen molar-refractivity contribution in [2.75, 3.05) is 11.9 Å². The van der Waals surface area contributed by atoms with Crippen molar-refractivity contribution in [2.24, 2.45) is 0 Å². The third-order valence-electron chi connectivity index (χ3n) is 4.78. The lowest BCUT2D eigenvalue weighted by Crippen LogP contribution is -2.28. The van der Waals surface area contributed by atoms with Crippen molar-refractivity contribution in [1.82, 2.24) is 15.0 Å². The summed E-state index contributed by atoms with van der Waals surface area (Å²) >= 11 is 6.02. The van der Waals surface area contributed by atoms with E-state index in [1.54, 1.807) is 23.1 Å². The first-order valence-corrected chi connectivity index (χ1v) is 9.27. The molecule has 0 aliphatic carbocycles. The summed E-state index contributed by atoms with van der Waals surface area (Å²) in [6.45, 7) is 2.43. The summed E-state index contributed by atoms with van der Waals surface area (Å²) in [5, 5.41) is 7.81. The number of hydrogen-bond donors (Lipinski definition) is 1. The molecule has 4 rings (SSSR count). The fraction of sp³-hybridized carbons (Fsp3) is 0.250. The molecule has 1 N–H and O–H groups in total.